The van der Waals surface area contributed by atoms with Gasteiger partial charge in [0.25, 0.3) is 0 Å². The van der Waals surface area contributed by atoms with Gasteiger partial charge in [-0.3, -0.25) is 9.78 Å². The summed E-state index contributed by atoms with van der Waals surface area (Å²) < 4.78 is 0.945. The molecule has 0 atom stereocenters. The van der Waals surface area contributed by atoms with Crippen LogP contribution in [0.2, 0.25) is 0 Å². The second-order valence-corrected chi connectivity index (χ2v) is 3.85. The Hall–Kier alpha value is -0.700. The predicted octanol–water partition coefficient (Wildman–Crippen LogP) is 3.14. The average molecular weight is 242 g/mol. The van der Waals surface area contributed by atoms with Gasteiger partial charge in [-0.1, -0.05) is 6.92 Å². The Balaban J connectivity index is 2.90. The van der Waals surface area contributed by atoms with Crippen molar-refractivity contribution in [1.29, 1.82) is 0 Å². The highest BCUT2D eigenvalue weighted by Gasteiger charge is 2.06. The van der Waals surface area contributed by atoms with Crippen LogP contribution in [0.25, 0.3) is 0 Å². The Morgan fingerprint density at radius 3 is 2.85 bits per heavy atom. The Morgan fingerprint density at radius 2 is 2.31 bits per heavy atom. The van der Waals surface area contributed by atoms with Gasteiger partial charge in [0, 0.05) is 17.1 Å². The Labute approximate surface area is 86.5 Å². The molecule has 0 fully saturated rings. The quantitative estimate of drug-likeness (QED) is 0.762. The van der Waals surface area contributed by atoms with Crippen molar-refractivity contribution in [3.05, 3.63) is 28.0 Å². The van der Waals surface area contributed by atoms with Crippen molar-refractivity contribution in [2.45, 2.75) is 26.7 Å². The second-order valence-electron chi connectivity index (χ2n) is 2.99. The van der Waals surface area contributed by atoms with Crippen molar-refractivity contribution in [2.75, 3.05) is 0 Å². The van der Waals surface area contributed by atoms with Crippen LogP contribution in [0.4, 0.5) is 0 Å². The lowest BCUT2D eigenvalue weighted by molar-refractivity contribution is 0.0977. The summed E-state index contributed by atoms with van der Waals surface area (Å²) in [6, 6.07) is 1.82. The third-order valence-corrected chi connectivity index (χ3v) is 2.64. The molecule has 0 bridgehead atoms. The Morgan fingerprint density at radius 1 is 1.62 bits per heavy atom. The monoisotopic (exact) mass is 241 g/mol. The zero-order valence-corrected chi connectivity index (χ0v) is 9.39. The van der Waals surface area contributed by atoms with E-state index in [1.54, 1.807) is 6.20 Å². The minimum Gasteiger partial charge on any atom is -0.292 e. The first-order valence-corrected chi connectivity index (χ1v) is 5.09. The smallest absolute Gasteiger partial charge is 0.181 e. The van der Waals surface area contributed by atoms with Gasteiger partial charge in [0.1, 0.15) is 5.69 Å². The summed E-state index contributed by atoms with van der Waals surface area (Å²) in [6.07, 6.45) is 3.13. The second kappa shape index (κ2) is 4.51. The minimum absolute atomic E-state index is 0.123. The molecule has 0 unspecified atom stereocenters. The molecule has 0 aliphatic rings. The molecule has 3 heteroatoms. The number of aromatic nitrogens is 1. The van der Waals surface area contributed by atoms with Crippen LogP contribution in [0.5, 0.6) is 0 Å². The first-order valence-electron chi connectivity index (χ1n) is 4.30. The molecule has 1 rings (SSSR count). The lowest BCUT2D eigenvalue weighted by Crippen LogP contribution is -2.01. The molecule has 0 aliphatic carbocycles. The van der Waals surface area contributed by atoms with Crippen LogP contribution < -0.4 is 0 Å². The molecule has 0 N–H and O–H groups in total. The molecule has 13 heavy (non-hydrogen) atoms. The molecule has 0 amide bonds. The molecule has 0 spiro atoms. The first kappa shape index (κ1) is 10.4. The lowest BCUT2D eigenvalue weighted by atomic mass is 10.1. The van der Waals surface area contributed by atoms with Crippen molar-refractivity contribution in [2.24, 2.45) is 0 Å². The number of rotatable bonds is 3. The SMILES string of the molecule is CCCC(=O)c1cc(C)c(Br)cn1. The number of hydrogen-bond donors (Lipinski definition) is 0. The van der Waals surface area contributed by atoms with E-state index >= 15 is 0 Å². The number of ketones is 1. The number of nitrogens with zero attached hydrogens (tertiary/aromatic N) is 1. The predicted molar refractivity (Wildman–Crippen MR) is 55.9 cm³/mol. The lowest BCUT2D eigenvalue weighted by Gasteiger charge is -2.01. The maximum Gasteiger partial charge on any atom is 0.181 e. The maximum absolute atomic E-state index is 11.4. The van der Waals surface area contributed by atoms with E-state index in [0.717, 1.165) is 16.5 Å². The Bertz CT molecular complexity index is 323. The number of carbonyl (C=O) groups is 1. The molecule has 1 aromatic heterocycles. The van der Waals surface area contributed by atoms with E-state index in [-0.39, 0.29) is 5.78 Å². The van der Waals surface area contributed by atoms with Crippen LogP contribution in [-0.2, 0) is 0 Å². The van der Waals surface area contributed by atoms with Crippen molar-refractivity contribution in [1.82, 2.24) is 4.98 Å². The van der Waals surface area contributed by atoms with E-state index in [4.69, 9.17) is 0 Å². The summed E-state index contributed by atoms with van der Waals surface area (Å²) in [6.45, 7) is 3.94. The average Bonchev–Trinajstić information content (AvgIpc) is 2.10. The summed E-state index contributed by atoms with van der Waals surface area (Å²) >= 11 is 3.34. The van der Waals surface area contributed by atoms with E-state index in [1.807, 2.05) is 19.9 Å². The summed E-state index contributed by atoms with van der Waals surface area (Å²) in [4.78, 5) is 15.5. The van der Waals surface area contributed by atoms with Crippen molar-refractivity contribution in [3.63, 3.8) is 0 Å². The summed E-state index contributed by atoms with van der Waals surface area (Å²) in [5.74, 6) is 0.123. The van der Waals surface area contributed by atoms with Gasteiger partial charge in [-0.05, 0) is 40.9 Å². The molecule has 0 aromatic carbocycles. The van der Waals surface area contributed by atoms with E-state index < -0.39 is 0 Å². The third-order valence-electron chi connectivity index (χ3n) is 1.81. The van der Waals surface area contributed by atoms with Crippen LogP contribution in [-0.4, -0.2) is 10.8 Å². The van der Waals surface area contributed by atoms with E-state index in [9.17, 15) is 4.79 Å². The van der Waals surface area contributed by atoms with Crippen LogP contribution >= 0.6 is 15.9 Å². The van der Waals surface area contributed by atoms with Gasteiger partial charge in [0.2, 0.25) is 0 Å². The van der Waals surface area contributed by atoms with Gasteiger partial charge >= 0.3 is 0 Å². The molecule has 2 nitrogen and oxygen atoms in total. The molecule has 70 valence electrons. The van der Waals surface area contributed by atoms with Crippen molar-refractivity contribution in [3.8, 4) is 0 Å². The highest BCUT2D eigenvalue weighted by molar-refractivity contribution is 9.10. The fourth-order valence-corrected chi connectivity index (χ4v) is 1.26. The van der Waals surface area contributed by atoms with Crippen LogP contribution in [0, 0.1) is 6.92 Å². The highest BCUT2D eigenvalue weighted by Crippen LogP contribution is 2.15. The largest absolute Gasteiger partial charge is 0.292 e. The molecule has 1 heterocycles. The van der Waals surface area contributed by atoms with Crippen LogP contribution in [0.3, 0.4) is 0 Å². The Kier molecular flexibility index (Phi) is 3.60. The number of Topliss-reactive ketones (excluding diaryl/α,β-unsaturated/α-hetero) is 1. The molecule has 0 radical (unpaired) electrons. The van der Waals surface area contributed by atoms with Crippen molar-refractivity contribution < 1.29 is 4.79 Å². The first-order chi connectivity index (χ1) is 6.15. The van der Waals surface area contributed by atoms with Crippen LogP contribution in [0.15, 0.2) is 16.7 Å². The summed E-state index contributed by atoms with van der Waals surface area (Å²) in [5.41, 5.74) is 1.62. The van der Waals surface area contributed by atoms with Gasteiger partial charge < -0.3 is 0 Å². The molecular formula is C10H12BrNO. The normalized spacial score (nSPS) is 10.1. The van der Waals surface area contributed by atoms with Gasteiger partial charge in [-0.15, -0.1) is 0 Å². The maximum atomic E-state index is 11.4. The van der Waals surface area contributed by atoms with Gasteiger partial charge in [-0.2, -0.15) is 0 Å². The minimum atomic E-state index is 0.123. The fourth-order valence-electron chi connectivity index (χ4n) is 1.05. The molecule has 0 saturated heterocycles. The summed E-state index contributed by atoms with van der Waals surface area (Å²) in [5, 5.41) is 0. The number of carbonyl (C=O) groups excluding carboxylic acids is 1. The number of pyridine rings is 1. The zero-order valence-electron chi connectivity index (χ0n) is 7.80. The van der Waals surface area contributed by atoms with E-state index in [1.165, 1.54) is 0 Å². The molecular weight excluding hydrogens is 230 g/mol. The molecule has 0 aliphatic heterocycles. The summed E-state index contributed by atoms with van der Waals surface area (Å²) in [7, 11) is 0. The third kappa shape index (κ3) is 2.62. The number of aryl methyl sites for hydroxylation is 1. The van der Waals surface area contributed by atoms with E-state index in [0.29, 0.717) is 12.1 Å². The van der Waals surface area contributed by atoms with Gasteiger partial charge in [-0.25, -0.2) is 0 Å². The van der Waals surface area contributed by atoms with E-state index in [2.05, 4.69) is 20.9 Å². The number of hydrogen-bond acceptors (Lipinski definition) is 2. The van der Waals surface area contributed by atoms with Crippen LogP contribution in [0.1, 0.15) is 35.8 Å². The van der Waals surface area contributed by atoms with Gasteiger partial charge in [0.05, 0.1) is 0 Å². The number of halogens is 1. The highest BCUT2D eigenvalue weighted by atomic mass is 79.9. The standard InChI is InChI=1S/C10H12BrNO/c1-3-4-10(13)9-5-7(2)8(11)6-12-9/h5-6H,3-4H2,1-2H3. The fraction of sp³-hybridized carbons (Fsp3) is 0.400. The van der Waals surface area contributed by atoms with Gasteiger partial charge in [0.15, 0.2) is 5.78 Å². The zero-order chi connectivity index (χ0) is 9.84. The van der Waals surface area contributed by atoms with Crippen molar-refractivity contribution >= 4 is 21.7 Å². The molecule has 1 aromatic rings. The molecule has 0 saturated carbocycles. The topological polar surface area (TPSA) is 30.0 Å².